The molecule has 1 aliphatic rings. The molecule has 1 aromatic carbocycles. The van der Waals surface area contributed by atoms with Crippen LogP contribution in [0.2, 0.25) is 0 Å². The van der Waals surface area contributed by atoms with E-state index in [0.29, 0.717) is 23.8 Å². The lowest BCUT2D eigenvalue weighted by Gasteiger charge is -2.32. The van der Waals surface area contributed by atoms with E-state index in [9.17, 15) is 9.59 Å². The Balaban J connectivity index is 1.32. The Bertz CT molecular complexity index is 732. The van der Waals surface area contributed by atoms with Crippen molar-refractivity contribution in [3.05, 3.63) is 66.0 Å². The van der Waals surface area contributed by atoms with Crippen LogP contribution in [0.1, 0.15) is 28.8 Å². The molecular formula is C21H25N3O2S. The van der Waals surface area contributed by atoms with E-state index in [4.69, 9.17) is 0 Å². The largest absolute Gasteiger partial charge is 0.355 e. The number of piperidine rings is 1. The molecule has 2 heterocycles. The Hall–Kier alpha value is -2.34. The number of aromatic nitrogens is 1. The van der Waals surface area contributed by atoms with Crippen LogP contribution in [0, 0.1) is 5.92 Å². The van der Waals surface area contributed by atoms with Crippen molar-refractivity contribution < 1.29 is 9.59 Å². The normalized spacial score (nSPS) is 14.7. The second-order valence-electron chi connectivity index (χ2n) is 6.75. The zero-order chi connectivity index (χ0) is 18.9. The number of benzene rings is 1. The van der Waals surface area contributed by atoms with Crippen LogP contribution in [0.5, 0.6) is 0 Å². The third kappa shape index (κ3) is 6.10. The number of hydrogen-bond acceptors (Lipinski definition) is 4. The Kier molecular flexibility index (Phi) is 7.27. The first-order chi connectivity index (χ1) is 13.2. The third-order valence-corrected chi connectivity index (χ3v) is 5.77. The smallest absolute Gasteiger partial charge is 0.253 e. The SMILES string of the molecule is O=C(CSCc1ccccc1)NCC1CCN(C(=O)c2ccncc2)CC1. The molecule has 27 heavy (non-hydrogen) atoms. The molecule has 0 aliphatic carbocycles. The summed E-state index contributed by atoms with van der Waals surface area (Å²) in [5.41, 5.74) is 1.92. The van der Waals surface area contributed by atoms with Crippen molar-refractivity contribution in [2.75, 3.05) is 25.4 Å². The summed E-state index contributed by atoms with van der Waals surface area (Å²) in [4.78, 5) is 30.3. The fraction of sp³-hybridized carbons (Fsp3) is 0.381. The standard InChI is InChI=1S/C21H25N3O2S/c25-20(16-27-15-18-4-2-1-3-5-18)23-14-17-8-12-24(13-9-17)21(26)19-6-10-22-11-7-19/h1-7,10-11,17H,8-9,12-16H2,(H,23,25). The van der Waals surface area contributed by atoms with Gasteiger partial charge < -0.3 is 10.2 Å². The van der Waals surface area contributed by atoms with Gasteiger partial charge in [0.05, 0.1) is 5.75 Å². The molecule has 2 aromatic rings. The Morgan fingerprint density at radius 2 is 1.78 bits per heavy atom. The molecule has 0 bridgehead atoms. The molecular weight excluding hydrogens is 358 g/mol. The first-order valence-electron chi connectivity index (χ1n) is 9.30. The summed E-state index contributed by atoms with van der Waals surface area (Å²) in [6.45, 7) is 2.18. The average Bonchev–Trinajstić information content (AvgIpc) is 2.73. The Labute approximate surface area is 164 Å². The van der Waals surface area contributed by atoms with Crippen LogP contribution >= 0.6 is 11.8 Å². The van der Waals surface area contributed by atoms with Gasteiger partial charge in [-0.1, -0.05) is 30.3 Å². The van der Waals surface area contributed by atoms with E-state index in [-0.39, 0.29) is 11.8 Å². The highest BCUT2D eigenvalue weighted by molar-refractivity contribution is 7.99. The molecule has 3 rings (SSSR count). The van der Waals surface area contributed by atoms with Gasteiger partial charge >= 0.3 is 0 Å². The minimum atomic E-state index is 0.0668. The highest BCUT2D eigenvalue weighted by atomic mass is 32.2. The monoisotopic (exact) mass is 383 g/mol. The van der Waals surface area contributed by atoms with Gasteiger partial charge in [0.2, 0.25) is 5.91 Å². The molecule has 1 aliphatic heterocycles. The molecule has 5 nitrogen and oxygen atoms in total. The maximum absolute atomic E-state index is 12.4. The van der Waals surface area contributed by atoms with Crippen LogP contribution in [0.3, 0.4) is 0 Å². The molecule has 0 spiro atoms. The average molecular weight is 384 g/mol. The quantitative estimate of drug-likeness (QED) is 0.798. The highest BCUT2D eigenvalue weighted by Gasteiger charge is 2.23. The van der Waals surface area contributed by atoms with Crippen molar-refractivity contribution in [3.63, 3.8) is 0 Å². The maximum Gasteiger partial charge on any atom is 0.253 e. The molecule has 1 fully saturated rings. The summed E-state index contributed by atoms with van der Waals surface area (Å²) < 4.78 is 0. The van der Waals surface area contributed by atoms with E-state index < -0.39 is 0 Å². The predicted molar refractivity (Wildman–Crippen MR) is 108 cm³/mol. The number of rotatable bonds is 7. The van der Waals surface area contributed by atoms with Gasteiger partial charge in [0, 0.05) is 43.3 Å². The summed E-state index contributed by atoms with van der Waals surface area (Å²) in [5.74, 6) is 1.93. The van der Waals surface area contributed by atoms with Crippen LogP contribution in [-0.2, 0) is 10.5 Å². The number of nitrogens with one attached hydrogen (secondary N) is 1. The minimum absolute atomic E-state index is 0.0668. The van der Waals surface area contributed by atoms with Crippen molar-refractivity contribution in [3.8, 4) is 0 Å². The second kappa shape index (κ2) is 10.1. The molecule has 0 radical (unpaired) electrons. The van der Waals surface area contributed by atoms with Crippen molar-refractivity contribution in [1.29, 1.82) is 0 Å². The molecule has 1 saturated heterocycles. The number of thioether (sulfide) groups is 1. The van der Waals surface area contributed by atoms with Gasteiger partial charge in [-0.15, -0.1) is 11.8 Å². The number of carbonyl (C=O) groups excluding carboxylic acids is 2. The topological polar surface area (TPSA) is 62.3 Å². The lowest BCUT2D eigenvalue weighted by Crippen LogP contribution is -2.41. The molecule has 0 atom stereocenters. The molecule has 1 N–H and O–H groups in total. The minimum Gasteiger partial charge on any atom is -0.355 e. The van der Waals surface area contributed by atoms with Crippen LogP contribution in [0.15, 0.2) is 54.9 Å². The zero-order valence-corrected chi connectivity index (χ0v) is 16.2. The lowest BCUT2D eigenvalue weighted by molar-refractivity contribution is -0.118. The van der Waals surface area contributed by atoms with Crippen molar-refractivity contribution in [1.82, 2.24) is 15.2 Å². The third-order valence-electron chi connectivity index (χ3n) is 4.76. The van der Waals surface area contributed by atoms with E-state index in [0.717, 1.165) is 31.7 Å². The van der Waals surface area contributed by atoms with Gasteiger partial charge in [-0.2, -0.15) is 0 Å². The summed E-state index contributed by atoms with van der Waals surface area (Å²) in [5, 5.41) is 3.04. The van der Waals surface area contributed by atoms with Crippen LogP contribution in [-0.4, -0.2) is 47.1 Å². The van der Waals surface area contributed by atoms with Gasteiger partial charge in [-0.3, -0.25) is 14.6 Å². The number of likely N-dealkylation sites (tertiary alicyclic amines) is 1. The van der Waals surface area contributed by atoms with Crippen LogP contribution in [0.25, 0.3) is 0 Å². The van der Waals surface area contributed by atoms with Gasteiger partial charge in [0.25, 0.3) is 5.91 Å². The van der Waals surface area contributed by atoms with E-state index in [2.05, 4.69) is 22.4 Å². The molecule has 0 saturated carbocycles. The zero-order valence-electron chi connectivity index (χ0n) is 15.3. The second-order valence-corrected chi connectivity index (χ2v) is 7.74. The fourth-order valence-corrected chi connectivity index (χ4v) is 3.98. The number of amides is 2. The van der Waals surface area contributed by atoms with Crippen molar-refractivity contribution >= 4 is 23.6 Å². The molecule has 142 valence electrons. The van der Waals surface area contributed by atoms with Gasteiger partial charge in [-0.25, -0.2) is 0 Å². The van der Waals surface area contributed by atoms with Crippen molar-refractivity contribution in [2.24, 2.45) is 5.92 Å². The first-order valence-corrected chi connectivity index (χ1v) is 10.5. The molecule has 6 heteroatoms. The molecule has 1 aromatic heterocycles. The Morgan fingerprint density at radius 1 is 1.07 bits per heavy atom. The number of hydrogen-bond donors (Lipinski definition) is 1. The molecule has 0 unspecified atom stereocenters. The Morgan fingerprint density at radius 3 is 2.48 bits per heavy atom. The van der Waals surface area contributed by atoms with E-state index in [1.807, 2.05) is 23.1 Å². The predicted octanol–water partition coefficient (Wildman–Crippen LogP) is 2.98. The lowest BCUT2D eigenvalue weighted by atomic mass is 9.96. The number of pyridine rings is 1. The summed E-state index contributed by atoms with van der Waals surface area (Å²) in [7, 11) is 0. The van der Waals surface area contributed by atoms with Crippen LogP contribution < -0.4 is 5.32 Å². The van der Waals surface area contributed by atoms with E-state index >= 15 is 0 Å². The van der Waals surface area contributed by atoms with Gasteiger partial charge in [-0.05, 0) is 36.5 Å². The number of carbonyl (C=O) groups is 2. The molecule has 2 amide bonds. The first kappa shape index (κ1) is 19.4. The maximum atomic E-state index is 12.4. The summed E-state index contributed by atoms with van der Waals surface area (Å²) in [6.07, 6.45) is 5.14. The van der Waals surface area contributed by atoms with Gasteiger partial charge in [0.15, 0.2) is 0 Å². The summed E-state index contributed by atoms with van der Waals surface area (Å²) in [6, 6.07) is 13.7. The highest BCUT2D eigenvalue weighted by Crippen LogP contribution is 2.18. The van der Waals surface area contributed by atoms with E-state index in [1.54, 1.807) is 36.3 Å². The fourth-order valence-electron chi connectivity index (χ4n) is 3.16. The van der Waals surface area contributed by atoms with Crippen LogP contribution in [0.4, 0.5) is 0 Å². The van der Waals surface area contributed by atoms with Gasteiger partial charge in [0.1, 0.15) is 0 Å². The van der Waals surface area contributed by atoms with Crippen molar-refractivity contribution in [2.45, 2.75) is 18.6 Å². The van der Waals surface area contributed by atoms with E-state index in [1.165, 1.54) is 5.56 Å². The number of nitrogens with zero attached hydrogens (tertiary/aromatic N) is 2. The summed E-state index contributed by atoms with van der Waals surface area (Å²) >= 11 is 1.63.